The normalized spacial score (nSPS) is 11.7. The zero-order valence-corrected chi connectivity index (χ0v) is 11.5. The molecule has 1 N–H and O–H groups in total. The molecule has 0 aliphatic rings. The average molecular weight is 304 g/mol. The number of aromatic nitrogens is 2. The van der Waals surface area contributed by atoms with Gasteiger partial charge in [0.1, 0.15) is 0 Å². The first-order chi connectivity index (χ1) is 9.41. The van der Waals surface area contributed by atoms with E-state index in [0.29, 0.717) is 5.95 Å². The molecule has 108 valence electrons. The Bertz CT molecular complexity index is 593. The number of imidazole rings is 1. The van der Waals surface area contributed by atoms with Gasteiger partial charge in [0.05, 0.1) is 16.3 Å². The molecule has 0 amide bonds. The van der Waals surface area contributed by atoms with Crippen molar-refractivity contribution in [2.24, 2.45) is 0 Å². The van der Waals surface area contributed by atoms with Gasteiger partial charge >= 0.3 is 6.18 Å². The summed E-state index contributed by atoms with van der Waals surface area (Å²) in [7, 11) is 0. The van der Waals surface area contributed by atoms with Crippen LogP contribution in [0.4, 0.5) is 24.8 Å². The molecule has 7 heteroatoms. The minimum Gasteiger partial charge on any atom is -0.324 e. The highest BCUT2D eigenvalue weighted by Crippen LogP contribution is 2.34. The van der Waals surface area contributed by atoms with Crippen molar-refractivity contribution >= 4 is 23.2 Å². The van der Waals surface area contributed by atoms with Gasteiger partial charge in [0, 0.05) is 18.9 Å². The highest BCUT2D eigenvalue weighted by Gasteiger charge is 2.31. The Morgan fingerprint density at radius 2 is 2.10 bits per heavy atom. The third kappa shape index (κ3) is 3.25. The maximum atomic E-state index is 12.7. The zero-order valence-electron chi connectivity index (χ0n) is 10.7. The van der Waals surface area contributed by atoms with Crippen LogP contribution in [-0.2, 0) is 12.7 Å². The summed E-state index contributed by atoms with van der Waals surface area (Å²) < 4.78 is 39.9. The predicted octanol–water partition coefficient (Wildman–Crippen LogP) is 4.71. The van der Waals surface area contributed by atoms with E-state index in [1.54, 1.807) is 12.4 Å². The first-order valence-electron chi connectivity index (χ1n) is 6.06. The van der Waals surface area contributed by atoms with Crippen molar-refractivity contribution in [1.29, 1.82) is 0 Å². The smallest absolute Gasteiger partial charge is 0.324 e. The third-order valence-electron chi connectivity index (χ3n) is 2.72. The third-order valence-corrected chi connectivity index (χ3v) is 3.05. The number of benzene rings is 1. The van der Waals surface area contributed by atoms with Gasteiger partial charge in [-0.05, 0) is 24.6 Å². The van der Waals surface area contributed by atoms with E-state index < -0.39 is 11.7 Å². The summed E-state index contributed by atoms with van der Waals surface area (Å²) in [6, 6.07) is 3.15. The Morgan fingerprint density at radius 1 is 1.35 bits per heavy atom. The SMILES string of the molecule is CCCn1ccnc1Nc1cc(C(F)(F)F)ccc1Cl. The van der Waals surface area contributed by atoms with Crippen LogP contribution >= 0.6 is 11.6 Å². The lowest BCUT2D eigenvalue weighted by Gasteiger charge is -2.13. The van der Waals surface area contributed by atoms with E-state index in [-0.39, 0.29) is 10.7 Å². The van der Waals surface area contributed by atoms with Crippen LogP contribution in [0, 0.1) is 0 Å². The monoisotopic (exact) mass is 303 g/mol. The second-order valence-electron chi connectivity index (χ2n) is 4.26. The number of nitrogens with zero attached hydrogens (tertiary/aromatic N) is 2. The first kappa shape index (κ1) is 14.7. The fraction of sp³-hybridized carbons (Fsp3) is 0.308. The maximum Gasteiger partial charge on any atom is 0.416 e. The Balaban J connectivity index is 2.31. The van der Waals surface area contributed by atoms with Crippen molar-refractivity contribution in [3.05, 3.63) is 41.2 Å². The molecule has 1 aromatic heterocycles. The standard InChI is InChI=1S/C13H13ClF3N3/c1-2-6-20-7-5-18-12(20)19-11-8-9(13(15,16)17)3-4-10(11)14/h3-5,7-8H,2,6H2,1H3,(H,18,19). The molecule has 2 aromatic rings. The van der Waals surface area contributed by atoms with E-state index in [0.717, 1.165) is 25.1 Å². The molecule has 3 nitrogen and oxygen atoms in total. The van der Waals surface area contributed by atoms with E-state index in [1.165, 1.54) is 6.07 Å². The summed E-state index contributed by atoms with van der Waals surface area (Å²) in [6.07, 6.45) is -0.173. The Labute approximate surface area is 119 Å². The summed E-state index contributed by atoms with van der Waals surface area (Å²) in [5.41, 5.74) is -0.567. The summed E-state index contributed by atoms with van der Waals surface area (Å²) in [5, 5.41) is 3.05. The van der Waals surface area contributed by atoms with Crippen molar-refractivity contribution in [2.75, 3.05) is 5.32 Å². The fourth-order valence-corrected chi connectivity index (χ4v) is 1.94. The van der Waals surface area contributed by atoms with Crippen LogP contribution < -0.4 is 5.32 Å². The molecule has 0 saturated carbocycles. The highest BCUT2D eigenvalue weighted by atomic mass is 35.5. The molecular formula is C13H13ClF3N3. The van der Waals surface area contributed by atoms with Crippen LogP contribution in [0.15, 0.2) is 30.6 Å². The number of hydrogen-bond acceptors (Lipinski definition) is 2. The Morgan fingerprint density at radius 3 is 2.75 bits per heavy atom. The van der Waals surface area contributed by atoms with Crippen molar-refractivity contribution in [3.8, 4) is 0 Å². The molecule has 0 saturated heterocycles. The molecule has 0 atom stereocenters. The zero-order chi connectivity index (χ0) is 14.8. The van der Waals surface area contributed by atoms with Crippen molar-refractivity contribution in [3.63, 3.8) is 0 Å². The van der Waals surface area contributed by atoms with Gasteiger partial charge in [0.15, 0.2) is 0 Å². The fourth-order valence-electron chi connectivity index (χ4n) is 1.77. The number of nitrogens with one attached hydrogen (secondary N) is 1. The van der Waals surface area contributed by atoms with E-state index in [2.05, 4.69) is 10.3 Å². The van der Waals surface area contributed by atoms with Crippen LogP contribution in [-0.4, -0.2) is 9.55 Å². The summed E-state index contributed by atoms with van der Waals surface area (Å²) >= 11 is 5.93. The number of rotatable bonds is 4. The van der Waals surface area contributed by atoms with Crippen LogP contribution in [0.2, 0.25) is 5.02 Å². The summed E-state index contributed by atoms with van der Waals surface area (Å²) in [5.74, 6) is 0.466. The van der Waals surface area contributed by atoms with Crippen LogP contribution in [0.5, 0.6) is 0 Å². The molecule has 0 unspecified atom stereocenters. The van der Waals surface area contributed by atoms with Crippen molar-refractivity contribution < 1.29 is 13.2 Å². The van der Waals surface area contributed by atoms with Gasteiger partial charge < -0.3 is 9.88 Å². The van der Waals surface area contributed by atoms with Gasteiger partial charge in [0.2, 0.25) is 5.95 Å². The predicted molar refractivity (Wildman–Crippen MR) is 72.3 cm³/mol. The van der Waals surface area contributed by atoms with Gasteiger partial charge in [-0.3, -0.25) is 0 Å². The average Bonchev–Trinajstić information content (AvgIpc) is 2.79. The number of aryl methyl sites for hydroxylation is 1. The lowest BCUT2D eigenvalue weighted by Crippen LogP contribution is -2.07. The minimum absolute atomic E-state index is 0.185. The molecule has 1 heterocycles. The van der Waals surface area contributed by atoms with E-state index in [1.807, 2.05) is 11.5 Å². The second kappa shape index (κ2) is 5.75. The molecule has 20 heavy (non-hydrogen) atoms. The highest BCUT2D eigenvalue weighted by molar-refractivity contribution is 6.33. The Hall–Kier alpha value is -1.69. The molecule has 0 aliphatic carbocycles. The van der Waals surface area contributed by atoms with Crippen molar-refractivity contribution in [2.45, 2.75) is 26.1 Å². The number of hydrogen-bond donors (Lipinski definition) is 1. The van der Waals surface area contributed by atoms with E-state index in [9.17, 15) is 13.2 Å². The number of anilines is 2. The van der Waals surface area contributed by atoms with Gasteiger partial charge in [-0.2, -0.15) is 13.2 Å². The minimum atomic E-state index is -4.40. The van der Waals surface area contributed by atoms with Crippen LogP contribution in [0.1, 0.15) is 18.9 Å². The molecule has 0 aliphatic heterocycles. The van der Waals surface area contributed by atoms with Gasteiger partial charge in [-0.15, -0.1) is 0 Å². The maximum absolute atomic E-state index is 12.7. The molecule has 0 fully saturated rings. The van der Waals surface area contributed by atoms with Gasteiger partial charge in [0.25, 0.3) is 0 Å². The van der Waals surface area contributed by atoms with E-state index >= 15 is 0 Å². The van der Waals surface area contributed by atoms with Gasteiger partial charge in [-0.25, -0.2) is 4.98 Å². The summed E-state index contributed by atoms with van der Waals surface area (Å²) in [6.45, 7) is 2.72. The molecule has 2 rings (SSSR count). The number of halogens is 4. The lowest BCUT2D eigenvalue weighted by atomic mass is 10.2. The topological polar surface area (TPSA) is 29.9 Å². The van der Waals surface area contributed by atoms with Gasteiger partial charge in [-0.1, -0.05) is 18.5 Å². The lowest BCUT2D eigenvalue weighted by molar-refractivity contribution is -0.137. The van der Waals surface area contributed by atoms with Crippen LogP contribution in [0.25, 0.3) is 0 Å². The molecular weight excluding hydrogens is 291 g/mol. The summed E-state index contributed by atoms with van der Waals surface area (Å²) in [4.78, 5) is 4.08. The van der Waals surface area contributed by atoms with E-state index in [4.69, 9.17) is 11.6 Å². The molecule has 1 aromatic carbocycles. The molecule has 0 radical (unpaired) electrons. The van der Waals surface area contributed by atoms with Crippen LogP contribution in [0.3, 0.4) is 0 Å². The second-order valence-corrected chi connectivity index (χ2v) is 4.67. The largest absolute Gasteiger partial charge is 0.416 e. The molecule has 0 spiro atoms. The molecule has 0 bridgehead atoms. The van der Waals surface area contributed by atoms with Crippen molar-refractivity contribution in [1.82, 2.24) is 9.55 Å². The number of alkyl halides is 3. The first-order valence-corrected chi connectivity index (χ1v) is 6.44. The quantitative estimate of drug-likeness (QED) is 0.886. The Kier molecular flexibility index (Phi) is 4.23.